The second kappa shape index (κ2) is 9.12. The van der Waals surface area contributed by atoms with Gasteiger partial charge >= 0.3 is 0 Å². The number of nitrogens with one attached hydrogen (secondary N) is 2. The third kappa shape index (κ3) is 5.05. The van der Waals surface area contributed by atoms with Gasteiger partial charge in [-0.1, -0.05) is 65.8 Å². The first-order valence-corrected chi connectivity index (χ1v) is 13.4. The Balaban J connectivity index is 1.22. The van der Waals surface area contributed by atoms with Gasteiger partial charge in [-0.15, -0.1) is 0 Å². The summed E-state index contributed by atoms with van der Waals surface area (Å²) in [6.45, 7) is 13.1. The van der Waals surface area contributed by atoms with Crippen molar-refractivity contribution in [2.45, 2.75) is 52.4 Å². The van der Waals surface area contributed by atoms with Crippen LogP contribution in [0, 0.1) is 0 Å². The predicted molar refractivity (Wildman–Crippen MR) is 161 cm³/mol. The molecule has 0 aliphatic heterocycles. The standard InChI is InChI=1S/C34H34N4O/c1-33(2,3)24-11-15-26(16-12-24)39-25-13-7-21(8-14-25)31-35-27-17-9-22(19-29(27)36-31)23-10-18-28-30(20-23)38-32(37-28)34(4,5)6/h7-20H,1-6H3,(H,35,36)(H,37,38). The number of benzene rings is 4. The second-order valence-corrected chi connectivity index (χ2v) is 12.3. The van der Waals surface area contributed by atoms with Gasteiger partial charge in [-0.25, -0.2) is 9.97 Å². The Kier molecular flexibility index (Phi) is 5.83. The maximum absolute atomic E-state index is 6.07. The molecule has 0 aliphatic rings. The molecule has 0 amide bonds. The smallest absolute Gasteiger partial charge is 0.138 e. The largest absolute Gasteiger partial charge is 0.457 e. The molecule has 0 unspecified atom stereocenters. The Morgan fingerprint density at radius 2 is 1.05 bits per heavy atom. The van der Waals surface area contributed by atoms with E-state index in [2.05, 4.69) is 100 Å². The fraction of sp³-hybridized carbons (Fsp3) is 0.235. The monoisotopic (exact) mass is 514 g/mol. The van der Waals surface area contributed by atoms with E-state index >= 15 is 0 Å². The van der Waals surface area contributed by atoms with E-state index in [1.807, 2.05) is 36.4 Å². The Bertz CT molecular complexity index is 1780. The van der Waals surface area contributed by atoms with Gasteiger partial charge in [-0.2, -0.15) is 0 Å². The van der Waals surface area contributed by atoms with Crippen LogP contribution in [0.2, 0.25) is 0 Å². The molecule has 0 saturated heterocycles. The van der Waals surface area contributed by atoms with Crippen LogP contribution in [0.3, 0.4) is 0 Å². The van der Waals surface area contributed by atoms with Crippen LogP contribution in [0.1, 0.15) is 52.9 Å². The Hall–Kier alpha value is -4.38. The molecule has 4 aromatic carbocycles. The quantitative estimate of drug-likeness (QED) is 0.246. The highest BCUT2D eigenvalue weighted by molar-refractivity contribution is 5.87. The van der Waals surface area contributed by atoms with Crippen molar-refractivity contribution in [3.05, 3.63) is 96.3 Å². The minimum absolute atomic E-state index is 0.0214. The number of aromatic nitrogens is 4. The highest BCUT2D eigenvalue weighted by Gasteiger charge is 2.18. The molecule has 2 heterocycles. The van der Waals surface area contributed by atoms with Crippen molar-refractivity contribution in [2.75, 3.05) is 0 Å². The highest BCUT2D eigenvalue weighted by atomic mass is 16.5. The molecular weight excluding hydrogens is 480 g/mol. The molecule has 2 N–H and O–H groups in total. The number of imidazole rings is 2. The zero-order valence-electron chi connectivity index (χ0n) is 23.4. The van der Waals surface area contributed by atoms with Crippen molar-refractivity contribution < 1.29 is 4.74 Å². The number of hydrogen-bond acceptors (Lipinski definition) is 3. The summed E-state index contributed by atoms with van der Waals surface area (Å²) in [5.41, 5.74) is 8.65. The first-order valence-electron chi connectivity index (χ1n) is 13.4. The summed E-state index contributed by atoms with van der Waals surface area (Å²) < 4.78 is 6.07. The molecular formula is C34H34N4O. The van der Waals surface area contributed by atoms with E-state index in [9.17, 15) is 0 Å². The molecule has 2 aromatic heterocycles. The van der Waals surface area contributed by atoms with E-state index in [0.29, 0.717) is 0 Å². The number of hydrogen-bond donors (Lipinski definition) is 2. The number of aromatic amines is 2. The Morgan fingerprint density at radius 3 is 1.62 bits per heavy atom. The Morgan fingerprint density at radius 1 is 0.538 bits per heavy atom. The summed E-state index contributed by atoms with van der Waals surface area (Å²) in [6.07, 6.45) is 0. The first-order chi connectivity index (χ1) is 18.5. The third-order valence-electron chi connectivity index (χ3n) is 7.09. The molecule has 5 nitrogen and oxygen atoms in total. The zero-order valence-corrected chi connectivity index (χ0v) is 23.4. The number of nitrogens with zero attached hydrogens (tertiary/aromatic N) is 2. The second-order valence-electron chi connectivity index (χ2n) is 12.3. The van der Waals surface area contributed by atoms with Crippen LogP contribution in [0.25, 0.3) is 44.6 Å². The molecule has 0 atom stereocenters. The lowest BCUT2D eigenvalue weighted by molar-refractivity contribution is 0.481. The molecule has 6 aromatic rings. The van der Waals surface area contributed by atoms with Crippen LogP contribution < -0.4 is 4.74 Å². The zero-order chi connectivity index (χ0) is 27.4. The first kappa shape index (κ1) is 24.9. The average Bonchev–Trinajstić information content (AvgIpc) is 3.52. The van der Waals surface area contributed by atoms with Crippen molar-refractivity contribution in [2.24, 2.45) is 0 Å². The van der Waals surface area contributed by atoms with E-state index in [1.54, 1.807) is 0 Å². The number of H-pyrrole nitrogens is 2. The number of rotatable bonds is 4. The van der Waals surface area contributed by atoms with E-state index in [4.69, 9.17) is 14.7 Å². The molecule has 196 valence electrons. The lowest BCUT2D eigenvalue weighted by atomic mass is 9.87. The SMILES string of the molecule is CC(C)(C)c1ccc(Oc2ccc(-c3nc4ccc(-c5ccc6nc(C(C)(C)C)[nH]c6c5)cc4[nH]3)cc2)cc1. The van der Waals surface area contributed by atoms with Gasteiger partial charge in [0.25, 0.3) is 0 Å². The number of ether oxygens (including phenoxy) is 1. The molecule has 5 heteroatoms. The molecule has 39 heavy (non-hydrogen) atoms. The van der Waals surface area contributed by atoms with Gasteiger partial charge in [0.2, 0.25) is 0 Å². The van der Waals surface area contributed by atoms with Crippen LogP contribution in [-0.4, -0.2) is 19.9 Å². The maximum Gasteiger partial charge on any atom is 0.138 e. The van der Waals surface area contributed by atoms with Gasteiger partial charge in [0.1, 0.15) is 23.1 Å². The van der Waals surface area contributed by atoms with Crippen molar-refractivity contribution >= 4 is 22.1 Å². The van der Waals surface area contributed by atoms with Gasteiger partial charge in [0, 0.05) is 11.0 Å². The topological polar surface area (TPSA) is 66.6 Å². The highest BCUT2D eigenvalue weighted by Crippen LogP contribution is 2.31. The van der Waals surface area contributed by atoms with Gasteiger partial charge in [0.05, 0.1) is 22.1 Å². The maximum atomic E-state index is 6.07. The molecule has 0 radical (unpaired) electrons. The molecule has 6 rings (SSSR count). The van der Waals surface area contributed by atoms with Gasteiger partial charge in [0.15, 0.2) is 0 Å². The van der Waals surface area contributed by atoms with Gasteiger partial charge < -0.3 is 14.7 Å². The molecule has 0 spiro atoms. The average molecular weight is 515 g/mol. The van der Waals surface area contributed by atoms with E-state index < -0.39 is 0 Å². The molecule has 0 fully saturated rings. The lowest BCUT2D eigenvalue weighted by Crippen LogP contribution is -2.12. The van der Waals surface area contributed by atoms with E-state index in [1.165, 1.54) is 5.56 Å². The van der Waals surface area contributed by atoms with Crippen molar-refractivity contribution in [1.82, 2.24) is 19.9 Å². The van der Waals surface area contributed by atoms with Crippen LogP contribution in [-0.2, 0) is 10.8 Å². The summed E-state index contributed by atoms with van der Waals surface area (Å²) in [5.74, 6) is 3.46. The predicted octanol–water partition coefficient (Wildman–Crippen LogP) is 9.16. The summed E-state index contributed by atoms with van der Waals surface area (Å²) in [5, 5.41) is 0. The van der Waals surface area contributed by atoms with Crippen LogP contribution in [0.4, 0.5) is 0 Å². The minimum Gasteiger partial charge on any atom is -0.457 e. The summed E-state index contributed by atoms with van der Waals surface area (Å²) in [4.78, 5) is 16.6. The molecule has 0 bridgehead atoms. The lowest BCUT2D eigenvalue weighted by Gasteiger charge is -2.19. The van der Waals surface area contributed by atoms with Crippen LogP contribution >= 0.6 is 0 Å². The summed E-state index contributed by atoms with van der Waals surface area (Å²) >= 11 is 0. The fourth-order valence-electron chi connectivity index (χ4n) is 4.71. The Labute approximate surface area is 229 Å². The molecule has 0 saturated carbocycles. The van der Waals surface area contributed by atoms with Gasteiger partial charge in [-0.05, 0) is 82.8 Å². The van der Waals surface area contributed by atoms with Crippen molar-refractivity contribution in [3.8, 4) is 34.0 Å². The van der Waals surface area contributed by atoms with Crippen LogP contribution in [0.5, 0.6) is 11.5 Å². The van der Waals surface area contributed by atoms with Crippen molar-refractivity contribution in [1.29, 1.82) is 0 Å². The van der Waals surface area contributed by atoms with Crippen LogP contribution in [0.15, 0.2) is 84.9 Å². The number of fused-ring (bicyclic) bond motifs is 2. The summed E-state index contributed by atoms with van der Waals surface area (Å²) in [7, 11) is 0. The minimum atomic E-state index is -0.0214. The third-order valence-corrected chi connectivity index (χ3v) is 7.09. The fourth-order valence-corrected chi connectivity index (χ4v) is 4.71. The van der Waals surface area contributed by atoms with Crippen molar-refractivity contribution in [3.63, 3.8) is 0 Å². The summed E-state index contributed by atoms with van der Waals surface area (Å²) in [6, 6.07) is 29.1. The van der Waals surface area contributed by atoms with Gasteiger partial charge in [-0.3, -0.25) is 0 Å². The normalized spacial score (nSPS) is 12.4. The van der Waals surface area contributed by atoms with E-state index in [0.717, 1.165) is 61.9 Å². The molecule has 0 aliphatic carbocycles. The van der Waals surface area contributed by atoms with E-state index in [-0.39, 0.29) is 10.8 Å².